The summed E-state index contributed by atoms with van der Waals surface area (Å²) >= 11 is 1.37. The van der Waals surface area contributed by atoms with Crippen molar-refractivity contribution in [3.05, 3.63) is 79.6 Å². The van der Waals surface area contributed by atoms with Gasteiger partial charge in [0.15, 0.2) is 5.16 Å². The van der Waals surface area contributed by atoms with E-state index >= 15 is 0 Å². The van der Waals surface area contributed by atoms with Gasteiger partial charge >= 0.3 is 0 Å². The molecule has 0 aliphatic carbocycles. The Labute approximate surface area is 151 Å². The smallest absolute Gasteiger partial charge is 0.237 e. The van der Waals surface area contributed by atoms with Gasteiger partial charge in [-0.1, -0.05) is 54.2 Å². The summed E-state index contributed by atoms with van der Waals surface area (Å²) < 4.78 is 1.87. The van der Waals surface area contributed by atoms with E-state index < -0.39 is 0 Å². The number of rotatable bonds is 7. The van der Waals surface area contributed by atoms with Crippen LogP contribution in [0.15, 0.2) is 84.8 Å². The standard InChI is InChI=1S/C19H18N4OS/c1-2-13-22(16-9-5-3-6-10-16)18(24)14-25-19-21-20-15-23(19)17-11-7-4-8-12-17/h2-12,15H,1,13-14H2. The highest BCUT2D eigenvalue weighted by Crippen LogP contribution is 2.21. The Kier molecular flexibility index (Phi) is 5.64. The molecule has 0 aliphatic rings. The third-order valence-electron chi connectivity index (χ3n) is 3.56. The molecule has 3 aromatic rings. The molecule has 0 N–H and O–H groups in total. The Morgan fingerprint density at radius 2 is 1.80 bits per heavy atom. The number of hydrogen-bond donors (Lipinski definition) is 0. The van der Waals surface area contributed by atoms with Gasteiger partial charge in [-0.05, 0) is 24.3 Å². The number of anilines is 1. The number of carbonyl (C=O) groups excluding carboxylic acids is 1. The van der Waals surface area contributed by atoms with Crippen LogP contribution in [-0.4, -0.2) is 33.0 Å². The predicted octanol–water partition coefficient (Wildman–Crippen LogP) is 3.58. The van der Waals surface area contributed by atoms with Crippen molar-refractivity contribution in [2.45, 2.75) is 5.16 Å². The summed E-state index contributed by atoms with van der Waals surface area (Å²) in [6, 6.07) is 19.4. The van der Waals surface area contributed by atoms with Crippen LogP contribution < -0.4 is 4.90 Å². The minimum atomic E-state index is -0.00119. The van der Waals surface area contributed by atoms with E-state index in [9.17, 15) is 4.79 Å². The summed E-state index contributed by atoms with van der Waals surface area (Å²) in [5, 5.41) is 8.78. The number of hydrogen-bond acceptors (Lipinski definition) is 4. The van der Waals surface area contributed by atoms with E-state index in [1.165, 1.54) is 11.8 Å². The largest absolute Gasteiger partial charge is 0.308 e. The molecule has 25 heavy (non-hydrogen) atoms. The number of thioether (sulfide) groups is 1. The predicted molar refractivity (Wildman–Crippen MR) is 101 cm³/mol. The second-order valence-corrected chi connectivity index (χ2v) is 6.18. The minimum Gasteiger partial charge on any atom is -0.308 e. The Hall–Kier alpha value is -2.86. The molecule has 5 nitrogen and oxygen atoms in total. The number of aromatic nitrogens is 3. The van der Waals surface area contributed by atoms with Gasteiger partial charge in [-0.25, -0.2) is 0 Å². The molecule has 0 spiro atoms. The number of carbonyl (C=O) groups is 1. The molecular formula is C19H18N4OS. The lowest BCUT2D eigenvalue weighted by Crippen LogP contribution is -2.32. The van der Waals surface area contributed by atoms with Gasteiger partial charge in [0.2, 0.25) is 5.91 Å². The zero-order chi connectivity index (χ0) is 17.5. The van der Waals surface area contributed by atoms with Crippen molar-refractivity contribution in [3.63, 3.8) is 0 Å². The molecule has 0 radical (unpaired) electrons. The highest BCUT2D eigenvalue weighted by molar-refractivity contribution is 7.99. The van der Waals surface area contributed by atoms with Gasteiger partial charge in [0.1, 0.15) is 6.33 Å². The Morgan fingerprint density at radius 1 is 1.12 bits per heavy atom. The lowest BCUT2D eigenvalue weighted by atomic mass is 10.3. The molecule has 1 heterocycles. The first-order valence-electron chi connectivity index (χ1n) is 7.84. The van der Waals surface area contributed by atoms with Crippen LogP contribution in [0.25, 0.3) is 5.69 Å². The lowest BCUT2D eigenvalue weighted by Gasteiger charge is -2.21. The quantitative estimate of drug-likeness (QED) is 0.483. The number of benzene rings is 2. The molecular weight excluding hydrogens is 332 g/mol. The molecule has 6 heteroatoms. The maximum Gasteiger partial charge on any atom is 0.237 e. The van der Waals surface area contributed by atoms with E-state index in [0.29, 0.717) is 11.7 Å². The maximum atomic E-state index is 12.7. The second-order valence-electron chi connectivity index (χ2n) is 5.24. The minimum absolute atomic E-state index is 0.00119. The van der Waals surface area contributed by atoms with Crippen LogP contribution in [0.5, 0.6) is 0 Å². The van der Waals surface area contributed by atoms with Crippen LogP contribution in [-0.2, 0) is 4.79 Å². The van der Waals surface area contributed by atoms with E-state index in [4.69, 9.17) is 0 Å². The zero-order valence-electron chi connectivity index (χ0n) is 13.7. The van der Waals surface area contributed by atoms with E-state index in [1.807, 2.05) is 65.2 Å². The van der Waals surface area contributed by atoms with E-state index in [-0.39, 0.29) is 11.7 Å². The fourth-order valence-corrected chi connectivity index (χ4v) is 3.19. The summed E-state index contributed by atoms with van der Waals surface area (Å²) in [4.78, 5) is 14.4. The molecule has 2 aromatic carbocycles. The highest BCUT2D eigenvalue weighted by Gasteiger charge is 2.16. The van der Waals surface area contributed by atoms with Crippen LogP contribution >= 0.6 is 11.8 Å². The molecule has 3 rings (SSSR count). The van der Waals surface area contributed by atoms with Gasteiger partial charge in [0, 0.05) is 17.9 Å². The summed E-state index contributed by atoms with van der Waals surface area (Å²) in [5.74, 6) is 0.271. The van der Waals surface area contributed by atoms with Crippen molar-refractivity contribution in [2.75, 3.05) is 17.2 Å². The molecule has 0 aliphatic heterocycles. The molecule has 0 unspecified atom stereocenters. The average Bonchev–Trinajstić information content (AvgIpc) is 3.14. The monoisotopic (exact) mass is 350 g/mol. The van der Waals surface area contributed by atoms with Crippen molar-refractivity contribution < 1.29 is 4.79 Å². The summed E-state index contributed by atoms with van der Waals surface area (Å²) in [6.07, 6.45) is 3.38. The third-order valence-corrected chi connectivity index (χ3v) is 4.48. The normalized spacial score (nSPS) is 10.4. The Morgan fingerprint density at radius 3 is 2.48 bits per heavy atom. The molecule has 126 valence electrons. The summed E-state index contributed by atoms with van der Waals surface area (Å²) in [6.45, 7) is 4.21. The lowest BCUT2D eigenvalue weighted by molar-refractivity contribution is -0.116. The maximum absolute atomic E-state index is 12.7. The molecule has 1 amide bonds. The van der Waals surface area contributed by atoms with Crippen LogP contribution in [0.1, 0.15) is 0 Å². The third kappa shape index (κ3) is 4.16. The van der Waals surface area contributed by atoms with Crippen LogP contribution in [0, 0.1) is 0 Å². The number of para-hydroxylation sites is 2. The van der Waals surface area contributed by atoms with Gasteiger partial charge in [-0.2, -0.15) is 0 Å². The van der Waals surface area contributed by atoms with Gasteiger partial charge in [-0.15, -0.1) is 16.8 Å². The van der Waals surface area contributed by atoms with Crippen LogP contribution in [0.4, 0.5) is 5.69 Å². The second kappa shape index (κ2) is 8.30. The van der Waals surface area contributed by atoms with Crippen molar-refractivity contribution >= 4 is 23.4 Å². The molecule has 0 saturated heterocycles. The van der Waals surface area contributed by atoms with E-state index in [0.717, 1.165) is 11.4 Å². The molecule has 0 atom stereocenters. The fourth-order valence-electron chi connectivity index (χ4n) is 2.38. The van der Waals surface area contributed by atoms with Gasteiger partial charge in [0.25, 0.3) is 0 Å². The Bertz CT molecular complexity index is 833. The zero-order valence-corrected chi connectivity index (χ0v) is 14.5. The first-order chi connectivity index (χ1) is 12.3. The van der Waals surface area contributed by atoms with Gasteiger partial charge < -0.3 is 4.90 Å². The van der Waals surface area contributed by atoms with Gasteiger partial charge in [0.05, 0.1) is 5.75 Å². The molecule has 0 saturated carbocycles. The summed E-state index contributed by atoms with van der Waals surface area (Å²) in [5.41, 5.74) is 1.82. The molecule has 1 aromatic heterocycles. The van der Waals surface area contributed by atoms with Crippen molar-refractivity contribution in [1.29, 1.82) is 0 Å². The van der Waals surface area contributed by atoms with Crippen LogP contribution in [0.3, 0.4) is 0 Å². The summed E-state index contributed by atoms with van der Waals surface area (Å²) in [7, 11) is 0. The average molecular weight is 350 g/mol. The number of amides is 1. The molecule has 0 fully saturated rings. The highest BCUT2D eigenvalue weighted by atomic mass is 32.2. The van der Waals surface area contributed by atoms with Gasteiger partial charge in [-0.3, -0.25) is 9.36 Å². The topological polar surface area (TPSA) is 51.0 Å². The molecule has 0 bridgehead atoms. The fraction of sp³-hybridized carbons (Fsp3) is 0.105. The van der Waals surface area contributed by atoms with E-state index in [2.05, 4.69) is 16.8 Å². The van der Waals surface area contributed by atoms with E-state index in [1.54, 1.807) is 17.3 Å². The Balaban J connectivity index is 1.72. The first kappa shape index (κ1) is 17.0. The first-order valence-corrected chi connectivity index (χ1v) is 8.82. The van der Waals surface area contributed by atoms with Crippen LogP contribution in [0.2, 0.25) is 0 Å². The SMILES string of the molecule is C=CCN(C(=O)CSc1nncn1-c1ccccc1)c1ccccc1. The van der Waals surface area contributed by atoms with Crippen molar-refractivity contribution in [1.82, 2.24) is 14.8 Å². The van der Waals surface area contributed by atoms with Crippen molar-refractivity contribution in [2.24, 2.45) is 0 Å². The number of nitrogens with zero attached hydrogens (tertiary/aromatic N) is 4. The van der Waals surface area contributed by atoms with Crippen molar-refractivity contribution in [3.8, 4) is 5.69 Å².